The number of carbonyl (C=O) groups excluding carboxylic acids is 1. The molecule has 19 heavy (non-hydrogen) atoms. The van der Waals surface area contributed by atoms with E-state index in [1.807, 2.05) is 13.8 Å². The molecule has 2 N–H and O–H groups in total. The highest BCUT2D eigenvalue weighted by molar-refractivity contribution is 8.00. The molecule has 0 aromatic heterocycles. The van der Waals surface area contributed by atoms with E-state index in [2.05, 4.69) is 34.9 Å². The third kappa shape index (κ3) is 4.88. The Morgan fingerprint density at radius 3 is 2.63 bits per heavy atom. The van der Waals surface area contributed by atoms with Crippen molar-refractivity contribution >= 4 is 17.7 Å². The number of hydrogen-bond donors (Lipinski definition) is 2. The summed E-state index contributed by atoms with van der Waals surface area (Å²) in [7, 11) is 0. The lowest BCUT2D eigenvalue weighted by atomic mass is 10.2. The fraction of sp³-hybridized carbons (Fsp3) is 0.533. The average molecular weight is 278 g/mol. The van der Waals surface area contributed by atoms with E-state index in [1.54, 1.807) is 11.8 Å². The molecule has 1 aromatic rings. The Labute approximate surface area is 119 Å². The van der Waals surface area contributed by atoms with Gasteiger partial charge in [0.15, 0.2) is 0 Å². The highest BCUT2D eigenvalue weighted by Gasteiger charge is 2.19. The SMILES string of the molecule is CCNC(=O)C(C)Sc1ccc(CNC2CC2)cc1. The third-order valence-corrected chi connectivity index (χ3v) is 4.24. The highest BCUT2D eigenvalue weighted by atomic mass is 32.2. The van der Waals surface area contributed by atoms with Gasteiger partial charge in [0, 0.05) is 24.0 Å². The molecule has 1 saturated carbocycles. The molecule has 1 amide bonds. The van der Waals surface area contributed by atoms with E-state index in [0.717, 1.165) is 17.5 Å². The maximum absolute atomic E-state index is 11.7. The van der Waals surface area contributed by atoms with Crippen molar-refractivity contribution in [3.63, 3.8) is 0 Å². The second-order valence-corrected chi connectivity index (χ2v) is 6.37. The number of benzene rings is 1. The zero-order valence-electron chi connectivity index (χ0n) is 11.6. The Bertz CT molecular complexity index is 415. The zero-order valence-corrected chi connectivity index (χ0v) is 12.4. The number of thioether (sulfide) groups is 1. The molecule has 1 aliphatic carbocycles. The van der Waals surface area contributed by atoms with Gasteiger partial charge in [0.2, 0.25) is 5.91 Å². The van der Waals surface area contributed by atoms with Crippen LogP contribution in [0.3, 0.4) is 0 Å². The van der Waals surface area contributed by atoms with Gasteiger partial charge in [-0.1, -0.05) is 12.1 Å². The van der Waals surface area contributed by atoms with Gasteiger partial charge in [-0.25, -0.2) is 0 Å². The lowest BCUT2D eigenvalue weighted by molar-refractivity contribution is -0.120. The van der Waals surface area contributed by atoms with Crippen LogP contribution in [0, 0.1) is 0 Å². The van der Waals surface area contributed by atoms with Crippen LogP contribution in [0.2, 0.25) is 0 Å². The number of hydrogen-bond acceptors (Lipinski definition) is 3. The van der Waals surface area contributed by atoms with Crippen LogP contribution >= 0.6 is 11.8 Å². The highest BCUT2D eigenvalue weighted by Crippen LogP contribution is 2.24. The lowest BCUT2D eigenvalue weighted by Crippen LogP contribution is -2.30. The molecule has 0 heterocycles. The molecule has 1 fully saturated rings. The van der Waals surface area contributed by atoms with Crippen molar-refractivity contribution in [3.05, 3.63) is 29.8 Å². The summed E-state index contributed by atoms with van der Waals surface area (Å²) in [5.74, 6) is 0.104. The molecule has 0 radical (unpaired) electrons. The second kappa shape index (κ2) is 6.96. The van der Waals surface area contributed by atoms with Crippen molar-refractivity contribution < 1.29 is 4.79 Å². The first-order valence-electron chi connectivity index (χ1n) is 6.95. The van der Waals surface area contributed by atoms with Gasteiger partial charge in [0.25, 0.3) is 0 Å². The van der Waals surface area contributed by atoms with Gasteiger partial charge < -0.3 is 10.6 Å². The molecule has 104 valence electrons. The predicted molar refractivity (Wildman–Crippen MR) is 80.3 cm³/mol. The van der Waals surface area contributed by atoms with Crippen LogP contribution in [-0.4, -0.2) is 23.7 Å². The minimum absolute atomic E-state index is 0.0459. The summed E-state index contributed by atoms with van der Waals surface area (Å²) in [6, 6.07) is 9.23. The Morgan fingerprint density at radius 2 is 2.05 bits per heavy atom. The van der Waals surface area contributed by atoms with E-state index >= 15 is 0 Å². The van der Waals surface area contributed by atoms with Crippen LogP contribution in [0.1, 0.15) is 32.3 Å². The maximum Gasteiger partial charge on any atom is 0.233 e. The topological polar surface area (TPSA) is 41.1 Å². The minimum Gasteiger partial charge on any atom is -0.355 e. The van der Waals surface area contributed by atoms with Gasteiger partial charge in [0.05, 0.1) is 5.25 Å². The van der Waals surface area contributed by atoms with Gasteiger partial charge >= 0.3 is 0 Å². The Balaban J connectivity index is 1.81. The zero-order chi connectivity index (χ0) is 13.7. The predicted octanol–water partition coefficient (Wildman–Crippen LogP) is 2.56. The molecule has 0 bridgehead atoms. The van der Waals surface area contributed by atoms with Crippen LogP contribution in [0.15, 0.2) is 29.2 Å². The minimum atomic E-state index is -0.0459. The van der Waals surface area contributed by atoms with E-state index < -0.39 is 0 Å². The first-order chi connectivity index (χ1) is 9.19. The van der Waals surface area contributed by atoms with Crippen molar-refractivity contribution in [2.24, 2.45) is 0 Å². The fourth-order valence-electron chi connectivity index (χ4n) is 1.81. The molecular weight excluding hydrogens is 256 g/mol. The first kappa shape index (κ1) is 14.4. The number of rotatable bonds is 7. The quantitative estimate of drug-likeness (QED) is 0.753. The largest absolute Gasteiger partial charge is 0.355 e. The van der Waals surface area contributed by atoms with E-state index in [4.69, 9.17) is 0 Å². The molecule has 4 heteroatoms. The molecule has 0 spiro atoms. The van der Waals surface area contributed by atoms with Crippen LogP contribution in [0.5, 0.6) is 0 Å². The summed E-state index contributed by atoms with van der Waals surface area (Å²) in [6.45, 7) is 5.52. The summed E-state index contributed by atoms with van der Waals surface area (Å²) in [4.78, 5) is 12.8. The summed E-state index contributed by atoms with van der Waals surface area (Å²) in [6.07, 6.45) is 2.63. The van der Waals surface area contributed by atoms with Crippen molar-refractivity contribution in [2.45, 2.75) is 49.4 Å². The molecule has 0 aliphatic heterocycles. The van der Waals surface area contributed by atoms with Gasteiger partial charge in [-0.15, -0.1) is 11.8 Å². The summed E-state index contributed by atoms with van der Waals surface area (Å²) in [5.41, 5.74) is 1.31. The molecule has 2 rings (SSSR count). The Kier molecular flexibility index (Phi) is 5.28. The monoisotopic (exact) mass is 278 g/mol. The van der Waals surface area contributed by atoms with E-state index in [9.17, 15) is 4.79 Å². The van der Waals surface area contributed by atoms with Gasteiger partial charge in [-0.05, 0) is 44.4 Å². The average Bonchev–Trinajstić information content (AvgIpc) is 3.22. The number of nitrogens with one attached hydrogen (secondary N) is 2. The normalized spacial score (nSPS) is 16.1. The van der Waals surface area contributed by atoms with Gasteiger partial charge in [-0.2, -0.15) is 0 Å². The maximum atomic E-state index is 11.7. The summed E-state index contributed by atoms with van der Waals surface area (Å²) < 4.78 is 0. The molecule has 3 nitrogen and oxygen atoms in total. The van der Waals surface area contributed by atoms with Crippen LogP contribution < -0.4 is 10.6 Å². The molecular formula is C15H22N2OS. The van der Waals surface area contributed by atoms with E-state index in [-0.39, 0.29) is 11.2 Å². The van der Waals surface area contributed by atoms with E-state index in [1.165, 1.54) is 18.4 Å². The van der Waals surface area contributed by atoms with Crippen molar-refractivity contribution in [3.8, 4) is 0 Å². The van der Waals surface area contributed by atoms with Crippen LogP contribution in [0.25, 0.3) is 0 Å². The third-order valence-electron chi connectivity index (χ3n) is 3.13. The number of carbonyl (C=O) groups is 1. The van der Waals surface area contributed by atoms with Crippen LogP contribution in [0.4, 0.5) is 0 Å². The first-order valence-corrected chi connectivity index (χ1v) is 7.83. The standard InChI is InChI=1S/C15H22N2OS/c1-3-16-15(18)11(2)19-14-8-4-12(5-9-14)10-17-13-6-7-13/h4-5,8-9,11,13,17H,3,6-7,10H2,1-2H3,(H,16,18). The Hall–Kier alpha value is -1.00. The molecule has 1 aliphatic rings. The number of amides is 1. The van der Waals surface area contributed by atoms with Gasteiger partial charge in [0.1, 0.15) is 0 Å². The molecule has 1 aromatic carbocycles. The smallest absolute Gasteiger partial charge is 0.233 e. The lowest BCUT2D eigenvalue weighted by Gasteiger charge is -2.11. The van der Waals surface area contributed by atoms with Gasteiger partial charge in [-0.3, -0.25) is 4.79 Å². The molecule has 1 unspecified atom stereocenters. The van der Waals surface area contributed by atoms with Crippen LogP contribution in [-0.2, 0) is 11.3 Å². The van der Waals surface area contributed by atoms with Crippen molar-refractivity contribution in [2.75, 3.05) is 6.54 Å². The molecule has 0 saturated heterocycles. The summed E-state index contributed by atoms with van der Waals surface area (Å²) >= 11 is 1.60. The van der Waals surface area contributed by atoms with E-state index in [0.29, 0.717) is 6.54 Å². The molecule has 1 atom stereocenters. The summed E-state index contributed by atoms with van der Waals surface area (Å²) in [5, 5.41) is 6.30. The Morgan fingerprint density at radius 1 is 1.37 bits per heavy atom. The fourth-order valence-corrected chi connectivity index (χ4v) is 2.70. The van der Waals surface area contributed by atoms with Crippen molar-refractivity contribution in [1.29, 1.82) is 0 Å². The second-order valence-electron chi connectivity index (χ2n) is 4.95. The van der Waals surface area contributed by atoms with Crippen molar-refractivity contribution in [1.82, 2.24) is 10.6 Å².